The molecule has 0 saturated heterocycles. The number of carboxylic acid groups (broad SMARTS) is 1. The van der Waals surface area contributed by atoms with Gasteiger partial charge >= 0.3 is 5.97 Å². The Bertz CT molecular complexity index is 491. The fourth-order valence-electron chi connectivity index (χ4n) is 2.78. The predicted molar refractivity (Wildman–Crippen MR) is 76.2 cm³/mol. The second-order valence-corrected chi connectivity index (χ2v) is 5.59. The molecule has 0 spiro atoms. The summed E-state index contributed by atoms with van der Waals surface area (Å²) < 4.78 is 5.65. The van der Waals surface area contributed by atoms with Gasteiger partial charge in [-0.2, -0.15) is 0 Å². The highest BCUT2D eigenvalue weighted by atomic mass is 16.5. The topological polar surface area (TPSA) is 66.8 Å². The highest BCUT2D eigenvalue weighted by Crippen LogP contribution is 2.40. The number of aliphatic hydroxyl groups is 1. The third kappa shape index (κ3) is 3.12. The summed E-state index contributed by atoms with van der Waals surface area (Å²) in [6.45, 7) is 4.54. The fourth-order valence-corrected chi connectivity index (χ4v) is 2.78. The van der Waals surface area contributed by atoms with E-state index in [2.05, 4.69) is 0 Å². The van der Waals surface area contributed by atoms with Crippen LogP contribution < -0.4 is 4.74 Å². The lowest BCUT2D eigenvalue weighted by Gasteiger charge is -2.28. The second-order valence-electron chi connectivity index (χ2n) is 5.59. The van der Waals surface area contributed by atoms with Gasteiger partial charge in [0.25, 0.3) is 0 Å². The Labute approximate surface area is 119 Å². The molecule has 2 N–H and O–H groups in total. The highest BCUT2D eigenvalue weighted by molar-refractivity contribution is 5.70. The first kappa shape index (κ1) is 14.9. The van der Waals surface area contributed by atoms with Crippen molar-refractivity contribution in [3.8, 4) is 5.75 Å². The maximum absolute atomic E-state index is 10.8. The van der Waals surface area contributed by atoms with Crippen LogP contribution in [-0.2, 0) is 11.2 Å². The number of carboxylic acids is 1. The van der Waals surface area contributed by atoms with Gasteiger partial charge in [0.1, 0.15) is 5.75 Å². The molecule has 0 amide bonds. The van der Waals surface area contributed by atoms with Gasteiger partial charge in [0, 0.05) is 11.5 Å². The molecule has 2 rings (SSSR count). The van der Waals surface area contributed by atoms with Gasteiger partial charge in [0.05, 0.1) is 18.6 Å². The number of ether oxygens (including phenoxy) is 1. The minimum Gasteiger partial charge on any atom is -0.493 e. The van der Waals surface area contributed by atoms with Crippen molar-refractivity contribution in [2.75, 3.05) is 6.61 Å². The molecule has 1 atom stereocenters. The van der Waals surface area contributed by atoms with E-state index >= 15 is 0 Å². The quantitative estimate of drug-likeness (QED) is 0.839. The van der Waals surface area contributed by atoms with Crippen molar-refractivity contribution in [1.82, 2.24) is 0 Å². The molecule has 4 heteroatoms. The Kier molecular flexibility index (Phi) is 4.33. The van der Waals surface area contributed by atoms with E-state index in [4.69, 9.17) is 9.84 Å². The largest absolute Gasteiger partial charge is 0.493 e. The Balaban J connectivity index is 2.20. The molecule has 1 heterocycles. The van der Waals surface area contributed by atoms with Crippen LogP contribution in [0.25, 0.3) is 0 Å². The van der Waals surface area contributed by atoms with Crippen LogP contribution in [0.5, 0.6) is 5.75 Å². The summed E-state index contributed by atoms with van der Waals surface area (Å²) in [4.78, 5) is 10.8. The first-order valence-corrected chi connectivity index (χ1v) is 7.17. The van der Waals surface area contributed by atoms with E-state index in [-0.39, 0.29) is 12.3 Å². The molecule has 0 aliphatic carbocycles. The molecule has 0 aromatic heterocycles. The lowest BCUT2D eigenvalue weighted by molar-refractivity contribution is -0.136. The number of fused-ring (bicyclic) bond motifs is 1. The van der Waals surface area contributed by atoms with E-state index in [1.807, 2.05) is 26.0 Å². The third-order valence-electron chi connectivity index (χ3n) is 4.25. The summed E-state index contributed by atoms with van der Waals surface area (Å²) in [7, 11) is 0. The number of carbonyl (C=O) groups is 1. The van der Waals surface area contributed by atoms with Crippen LogP contribution in [0, 0.1) is 0 Å². The number of hydrogen-bond acceptors (Lipinski definition) is 3. The first-order chi connectivity index (χ1) is 9.47. The van der Waals surface area contributed by atoms with Crippen LogP contribution in [0.15, 0.2) is 18.2 Å². The lowest BCUT2D eigenvalue weighted by atomic mass is 9.83. The van der Waals surface area contributed by atoms with Gasteiger partial charge in [-0.05, 0) is 30.9 Å². The second kappa shape index (κ2) is 5.83. The normalized spacial score (nSPS) is 17.6. The van der Waals surface area contributed by atoms with Gasteiger partial charge in [-0.15, -0.1) is 0 Å². The average molecular weight is 278 g/mol. The highest BCUT2D eigenvalue weighted by Gasteiger charge is 2.32. The van der Waals surface area contributed by atoms with Crippen LogP contribution in [0.4, 0.5) is 0 Å². The third-order valence-corrected chi connectivity index (χ3v) is 4.25. The van der Waals surface area contributed by atoms with Crippen molar-refractivity contribution in [2.24, 2.45) is 0 Å². The fraction of sp³-hybridized carbons (Fsp3) is 0.562. The van der Waals surface area contributed by atoms with Gasteiger partial charge in [-0.3, -0.25) is 4.79 Å². The molecular weight excluding hydrogens is 256 g/mol. The van der Waals surface area contributed by atoms with Crippen molar-refractivity contribution < 1.29 is 19.7 Å². The summed E-state index contributed by atoms with van der Waals surface area (Å²) in [5, 5.41) is 19.4. The van der Waals surface area contributed by atoms with E-state index in [1.165, 1.54) is 0 Å². The number of rotatable bonds is 6. The molecule has 1 aromatic rings. The minimum absolute atomic E-state index is 0.0197. The maximum Gasteiger partial charge on any atom is 0.307 e. The molecule has 1 aliphatic rings. The lowest BCUT2D eigenvalue weighted by Crippen LogP contribution is -2.29. The van der Waals surface area contributed by atoms with E-state index in [0.29, 0.717) is 25.9 Å². The van der Waals surface area contributed by atoms with Crippen LogP contribution >= 0.6 is 0 Å². The monoisotopic (exact) mass is 278 g/mol. The molecule has 1 aliphatic heterocycles. The zero-order valence-corrected chi connectivity index (χ0v) is 12.1. The van der Waals surface area contributed by atoms with Gasteiger partial charge in [0.15, 0.2) is 0 Å². The van der Waals surface area contributed by atoms with E-state index in [9.17, 15) is 9.90 Å². The molecule has 0 radical (unpaired) electrons. The maximum atomic E-state index is 10.8. The van der Waals surface area contributed by atoms with E-state index in [1.54, 1.807) is 6.07 Å². The smallest absolute Gasteiger partial charge is 0.307 e. The molecule has 1 aromatic carbocycles. The Hall–Kier alpha value is -1.55. The summed E-state index contributed by atoms with van der Waals surface area (Å²) in [6.07, 6.45) is 2.10. The number of benzene rings is 1. The summed E-state index contributed by atoms with van der Waals surface area (Å²) in [6, 6.07) is 5.54. The summed E-state index contributed by atoms with van der Waals surface area (Å²) in [5.74, 6) is 0.126. The molecule has 20 heavy (non-hydrogen) atoms. The SMILES string of the molecule is CCC(O)(CC)CC1COc2ccc(CC(=O)O)cc21. The Morgan fingerprint density at radius 3 is 2.70 bits per heavy atom. The molecule has 0 fully saturated rings. The van der Waals surface area contributed by atoms with Crippen LogP contribution in [0.2, 0.25) is 0 Å². The van der Waals surface area contributed by atoms with Crippen LogP contribution in [0.1, 0.15) is 50.2 Å². The molecule has 0 bridgehead atoms. The number of hydrogen-bond donors (Lipinski definition) is 2. The summed E-state index contributed by atoms with van der Waals surface area (Å²) in [5.41, 5.74) is 1.14. The van der Waals surface area contributed by atoms with Crippen LogP contribution in [-0.4, -0.2) is 28.4 Å². The minimum atomic E-state index is -0.834. The first-order valence-electron chi connectivity index (χ1n) is 7.17. The average Bonchev–Trinajstić information content (AvgIpc) is 2.80. The molecule has 1 unspecified atom stereocenters. The molecule has 110 valence electrons. The Morgan fingerprint density at radius 2 is 2.10 bits per heavy atom. The van der Waals surface area contributed by atoms with Gasteiger partial charge in [-0.25, -0.2) is 0 Å². The van der Waals surface area contributed by atoms with Gasteiger partial charge < -0.3 is 14.9 Å². The molecule has 4 nitrogen and oxygen atoms in total. The van der Waals surface area contributed by atoms with Crippen LogP contribution in [0.3, 0.4) is 0 Å². The summed E-state index contributed by atoms with van der Waals surface area (Å²) >= 11 is 0. The Morgan fingerprint density at radius 1 is 1.40 bits per heavy atom. The van der Waals surface area contributed by atoms with Crippen molar-refractivity contribution >= 4 is 5.97 Å². The van der Waals surface area contributed by atoms with E-state index in [0.717, 1.165) is 16.9 Å². The van der Waals surface area contributed by atoms with Crippen molar-refractivity contribution in [2.45, 2.75) is 51.0 Å². The van der Waals surface area contributed by atoms with Gasteiger partial charge in [-0.1, -0.05) is 26.0 Å². The zero-order chi connectivity index (χ0) is 14.8. The van der Waals surface area contributed by atoms with Crippen molar-refractivity contribution in [3.63, 3.8) is 0 Å². The van der Waals surface area contributed by atoms with Gasteiger partial charge in [0.2, 0.25) is 0 Å². The van der Waals surface area contributed by atoms with E-state index < -0.39 is 11.6 Å². The molecule has 0 saturated carbocycles. The molecular formula is C16H22O4. The van der Waals surface area contributed by atoms with Crippen molar-refractivity contribution in [1.29, 1.82) is 0 Å². The number of aliphatic carboxylic acids is 1. The van der Waals surface area contributed by atoms with Crippen molar-refractivity contribution in [3.05, 3.63) is 29.3 Å². The standard InChI is InChI=1S/C16H22O4/c1-3-16(19,4-2)9-12-10-20-14-6-5-11(7-13(12)14)8-15(17)18/h5-7,12,19H,3-4,8-10H2,1-2H3,(H,17,18). The zero-order valence-electron chi connectivity index (χ0n) is 12.1. The predicted octanol–water partition coefficient (Wildman–Crippen LogP) is 2.73.